The lowest BCUT2D eigenvalue weighted by molar-refractivity contribution is -0.115. The van der Waals surface area contributed by atoms with Crippen LogP contribution in [0.2, 0.25) is 0 Å². The molecule has 1 amide bonds. The van der Waals surface area contributed by atoms with Gasteiger partial charge in [0.05, 0.1) is 22.7 Å². The SMILES string of the molecule is Cc1nc(C2(NCC(=O)Nc3cccc(S(=O)(=O)N(C)c4ccccc4)c3)CCCC2)no1. The molecule has 1 aliphatic carbocycles. The fourth-order valence-corrected chi connectivity index (χ4v) is 5.32. The number of rotatable bonds is 8. The van der Waals surface area contributed by atoms with Gasteiger partial charge in [-0.15, -0.1) is 0 Å². The Morgan fingerprint density at radius 3 is 2.52 bits per heavy atom. The summed E-state index contributed by atoms with van der Waals surface area (Å²) in [7, 11) is -2.28. The molecule has 2 aromatic carbocycles. The van der Waals surface area contributed by atoms with Crippen LogP contribution in [0.25, 0.3) is 0 Å². The van der Waals surface area contributed by atoms with Gasteiger partial charge in [0.15, 0.2) is 5.82 Å². The highest BCUT2D eigenvalue weighted by molar-refractivity contribution is 7.92. The molecule has 0 unspecified atom stereocenters. The van der Waals surface area contributed by atoms with E-state index in [1.165, 1.54) is 23.5 Å². The summed E-state index contributed by atoms with van der Waals surface area (Å²) in [5.41, 5.74) is 0.466. The lowest BCUT2D eigenvalue weighted by Crippen LogP contribution is -2.44. The quantitative estimate of drug-likeness (QED) is 0.520. The Morgan fingerprint density at radius 2 is 1.85 bits per heavy atom. The minimum Gasteiger partial charge on any atom is -0.340 e. The number of benzene rings is 2. The molecule has 33 heavy (non-hydrogen) atoms. The predicted octanol–water partition coefficient (Wildman–Crippen LogP) is 3.20. The summed E-state index contributed by atoms with van der Waals surface area (Å²) >= 11 is 0. The Balaban J connectivity index is 1.44. The van der Waals surface area contributed by atoms with Crippen LogP contribution in [0.5, 0.6) is 0 Å². The van der Waals surface area contributed by atoms with Crippen molar-refractivity contribution >= 4 is 27.3 Å². The summed E-state index contributed by atoms with van der Waals surface area (Å²) in [5.74, 6) is 0.774. The average molecular weight is 470 g/mol. The molecule has 9 nitrogen and oxygen atoms in total. The summed E-state index contributed by atoms with van der Waals surface area (Å²) in [5, 5.41) is 10.1. The van der Waals surface area contributed by atoms with E-state index in [0.717, 1.165) is 25.7 Å². The van der Waals surface area contributed by atoms with Crippen LogP contribution >= 0.6 is 0 Å². The fraction of sp³-hybridized carbons (Fsp3) is 0.348. The number of carbonyl (C=O) groups excluding carboxylic acids is 1. The number of hydrogen-bond acceptors (Lipinski definition) is 7. The van der Waals surface area contributed by atoms with Crippen LogP contribution in [0, 0.1) is 6.92 Å². The van der Waals surface area contributed by atoms with E-state index in [1.54, 1.807) is 43.3 Å². The van der Waals surface area contributed by atoms with E-state index < -0.39 is 15.6 Å². The van der Waals surface area contributed by atoms with Crippen molar-refractivity contribution in [2.45, 2.75) is 43.0 Å². The number of carbonyl (C=O) groups is 1. The van der Waals surface area contributed by atoms with Crippen LogP contribution in [-0.4, -0.2) is 38.1 Å². The van der Waals surface area contributed by atoms with Crippen LogP contribution in [0.4, 0.5) is 11.4 Å². The molecule has 1 aromatic heterocycles. The smallest absolute Gasteiger partial charge is 0.264 e. The molecule has 174 valence electrons. The van der Waals surface area contributed by atoms with Gasteiger partial charge in [-0.2, -0.15) is 4.98 Å². The standard InChI is InChI=1S/C23H27N5O4S/c1-17-25-22(27-32-17)23(13-6-7-14-23)24-16-21(29)26-18-9-8-12-20(15-18)33(30,31)28(2)19-10-4-3-5-11-19/h3-5,8-12,15,24H,6-7,13-14,16H2,1-2H3,(H,26,29). The second-order valence-electron chi connectivity index (χ2n) is 8.16. The number of hydrogen-bond donors (Lipinski definition) is 2. The third kappa shape index (κ3) is 4.91. The van der Waals surface area contributed by atoms with E-state index >= 15 is 0 Å². The normalized spacial score (nSPS) is 15.3. The van der Waals surface area contributed by atoms with Crippen molar-refractivity contribution in [3.8, 4) is 0 Å². The van der Waals surface area contributed by atoms with Crippen molar-refractivity contribution in [3.63, 3.8) is 0 Å². The molecule has 1 saturated carbocycles. The van der Waals surface area contributed by atoms with Crippen molar-refractivity contribution < 1.29 is 17.7 Å². The van der Waals surface area contributed by atoms with Gasteiger partial charge in [0, 0.05) is 19.7 Å². The van der Waals surface area contributed by atoms with Gasteiger partial charge in [-0.1, -0.05) is 42.3 Å². The van der Waals surface area contributed by atoms with Gasteiger partial charge in [-0.05, 0) is 43.2 Å². The molecular weight excluding hydrogens is 442 g/mol. The predicted molar refractivity (Wildman–Crippen MR) is 124 cm³/mol. The summed E-state index contributed by atoms with van der Waals surface area (Å²) in [4.78, 5) is 17.1. The second kappa shape index (κ2) is 9.32. The van der Waals surface area contributed by atoms with Gasteiger partial charge in [0.1, 0.15) is 0 Å². The molecule has 1 fully saturated rings. The van der Waals surface area contributed by atoms with E-state index in [2.05, 4.69) is 20.8 Å². The first kappa shape index (κ1) is 22.9. The van der Waals surface area contributed by atoms with Crippen LogP contribution < -0.4 is 14.9 Å². The maximum Gasteiger partial charge on any atom is 0.264 e. The Morgan fingerprint density at radius 1 is 1.12 bits per heavy atom. The number of amides is 1. The summed E-state index contributed by atoms with van der Waals surface area (Å²) in [6, 6.07) is 15.1. The molecule has 2 N–H and O–H groups in total. The maximum atomic E-state index is 13.0. The average Bonchev–Trinajstić information content (AvgIpc) is 3.48. The molecule has 0 bridgehead atoms. The van der Waals surface area contributed by atoms with Gasteiger partial charge < -0.3 is 9.84 Å². The summed E-state index contributed by atoms with van der Waals surface area (Å²) in [6.07, 6.45) is 3.66. The molecule has 0 spiro atoms. The van der Waals surface area contributed by atoms with Crippen LogP contribution in [0.1, 0.15) is 37.4 Å². The van der Waals surface area contributed by atoms with Gasteiger partial charge >= 0.3 is 0 Å². The van der Waals surface area contributed by atoms with Gasteiger partial charge in [0.2, 0.25) is 11.8 Å². The van der Waals surface area contributed by atoms with Crippen LogP contribution in [0.3, 0.4) is 0 Å². The number of aromatic nitrogens is 2. The minimum atomic E-state index is -3.78. The second-order valence-corrected chi connectivity index (χ2v) is 10.1. The number of sulfonamides is 1. The Bertz CT molecular complexity index is 1220. The van der Waals surface area contributed by atoms with Crippen molar-refractivity contribution in [2.24, 2.45) is 0 Å². The molecular formula is C23H27N5O4S. The molecule has 1 heterocycles. The highest BCUT2D eigenvalue weighted by atomic mass is 32.2. The lowest BCUT2D eigenvalue weighted by atomic mass is 9.96. The zero-order valence-corrected chi connectivity index (χ0v) is 19.4. The van der Waals surface area contributed by atoms with Crippen molar-refractivity contribution in [3.05, 3.63) is 66.3 Å². The largest absolute Gasteiger partial charge is 0.340 e. The number of anilines is 2. The molecule has 0 radical (unpaired) electrons. The van der Waals surface area contributed by atoms with Crippen molar-refractivity contribution in [2.75, 3.05) is 23.2 Å². The molecule has 4 rings (SSSR count). The molecule has 0 saturated heterocycles. The minimum absolute atomic E-state index is 0.0362. The molecule has 0 aliphatic heterocycles. The lowest BCUT2D eigenvalue weighted by Gasteiger charge is -2.26. The van der Waals surface area contributed by atoms with E-state index in [4.69, 9.17) is 4.52 Å². The Hall–Kier alpha value is -3.24. The van der Waals surface area contributed by atoms with Crippen LogP contribution in [-0.2, 0) is 20.4 Å². The van der Waals surface area contributed by atoms with Gasteiger partial charge in [0.25, 0.3) is 10.0 Å². The van der Waals surface area contributed by atoms with E-state index in [-0.39, 0.29) is 17.3 Å². The summed E-state index contributed by atoms with van der Waals surface area (Å²) in [6.45, 7) is 1.77. The zero-order chi connectivity index (χ0) is 23.5. The highest BCUT2D eigenvalue weighted by Crippen LogP contribution is 2.37. The first-order valence-electron chi connectivity index (χ1n) is 10.8. The third-order valence-electron chi connectivity index (χ3n) is 5.90. The fourth-order valence-electron chi connectivity index (χ4n) is 4.08. The van der Waals surface area contributed by atoms with E-state index in [1.807, 2.05) is 6.07 Å². The number of nitrogens with one attached hydrogen (secondary N) is 2. The zero-order valence-electron chi connectivity index (χ0n) is 18.6. The van der Waals surface area contributed by atoms with Crippen molar-refractivity contribution in [1.82, 2.24) is 15.5 Å². The Labute approximate surface area is 193 Å². The maximum absolute atomic E-state index is 13.0. The van der Waals surface area contributed by atoms with Crippen molar-refractivity contribution in [1.29, 1.82) is 0 Å². The topological polar surface area (TPSA) is 117 Å². The first-order valence-corrected chi connectivity index (χ1v) is 12.2. The van der Waals surface area contributed by atoms with E-state index in [0.29, 0.717) is 23.1 Å². The van der Waals surface area contributed by atoms with Gasteiger partial charge in [-0.3, -0.25) is 14.4 Å². The molecule has 1 aliphatic rings. The Kier molecular flexibility index (Phi) is 6.48. The van der Waals surface area contributed by atoms with Crippen LogP contribution in [0.15, 0.2) is 64.0 Å². The summed E-state index contributed by atoms with van der Waals surface area (Å²) < 4.78 is 32.5. The molecule has 10 heteroatoms. The first-order chi connectivity index (χ1) is 15.8. The molecule has 0 atom stereocenters. The third-order valence-corrected chi connectivity index (χ3v) is 7.68. The monoisotopic (exact) mass is 469 g/mol. The highest BCUT2D eigenvalue weighted by Gasteiger charge is 2.39. The van der Waals surface area contributed by atoms with E-state index in [9.17, 15) is 13.2 Å². The number of aryl methyl sites for hydroxylation is 1. The molecule has 3 aromatic rings. The number of nitrogens with zero attached hydrogens (tertiary/aromatic N) is 3. The van der Waals surface area contributed by atoms with Gasteiger partial charge in [-0.25, -0.2) is 8.42 Å². The number of para-hydroxylation sites is 1.